The van der Waals surface area contributed by atoms with Gasteiger partial charge in [-0.25, -0.2) is 4.98 Å². The van der Waals surface area contributed by atoms with E-state index in [1.807, 2.05) is 103 Å². The lowest BCUT2D eigenvalue weighted by atomic mass is 10.1. The summed E-state index contributed by atoms with van der Waals surface area (Å²) in [5.74, 6) is -0.114. The number of hydrogen-bond acceptors (Lipinski definition) is 7. The summed E-state index contributed by atoms with van der Waals surface area (Å²) in [6, 6.07) is 23.0. The second kappa shape index (κ2) is 11.2. The SMILES string of the molecule is Cc1ccc(-n2c(=S)sc3c(=O)n(-c4ccccc4)c(SCC(=O)Nc4ccc(N(C)C)cc4)nc32)cc1C. The van der Waals surface area contributed by atoms with Crippen LogP contribution >= 0.6 is 35.3 Å². The van der Waals surface area contributed by atoms with Crippen LogP contribution in [0.5, 0.6) is 0 Å². The number of carbonyl (C=O) groups excluding carboxylic acids is 1. The minimum Gasteiger partial charge on any atom is -0.378 e. The minimum absolute atomic E-state index is 0.0781. The average Bonchev–Trinajstić information content (AvgIpc) is 3.26. The number of thioether (sulfide) groups is 1. The van der Waals surface area contributed by atoms with Crippen molar-refractivity contribution in [3.05, 3.63) is 98.2 Å². The van der Waals surface area contributed by atoms with Crippen molar-refractivity contribution in [3.8, 4) is 11.4 Å². The van der Waals surface area contributed by atoms with Gasteiger partial charge >= 0.3 is 0 Å². The zero-order valence-electron chi connectivity index (χ0n) is 22.0. The van der Waals surface area contributed by atoms with E-state index in [1.54, 1.807) is 4.57 Å². The minimum atomic E-state index is -0.216. The molecule has 2 aromatic heterocycles. The van der Waals surface area contributed by atoms with Gasteiger partial charge in [-0.15, -0.1) is 0 Å². The van der Waals surface area contributed by atoms with Gasteiger partial charge in [-0.2, -0.15) is 0 Å². The van der Waals surface area contributed by atoms with Crippen LogP contribution in [0.3, 0.4) is 0 Å². The van der Waals surface area contributed by atoms with Crippen LogP contribution in [0.4, 0.5) is 11.4 Å². The Bertz CT molecular complexity index is 1790. The lowest BCUT2D eigenvalue weighted by molar-refractivity contribution is -0.113. The number of fused-ring (bicyclic) bond motifs is 1. The van der Waals surface area contributed by atoms with Crippen molar-refractivity contribution in [2.75, 3.05) is 30.1 Å². The number of rotatable bonds is 7. The monoisotopic (exact) mass is 573 g/mol. The summed E-state index contributed by atoms with van der Waals surface area (Å²) in [7, 11) is 3.93. The van der Waals surface area contributed by atoms with Gasteiger partial charge in [-0.05, 0) is 85.7 Å². The first-order valence-corrected chi connectivity index (χ1v) is 14.5. The number of hydrogen-bond donors (Lipinski definition) is 1. The Morgan fingerprint density at radius 1 is 0.974 bits per heavy atom. The van der Waals surface area contributed by atoms with Gasteiger partial charge in [0.15, 0.2) is 14.8 Å². The summed E-state index contributed by atoms with van der Waals surface area (Å²) in [4.78, 5) is 33.6. The highest BCUT2D eigenvalue weighted by Gasteiger charge is 2.20. The standard InChI is InChI=1S/C29H27N5O2S3/c1-18-10-13-23(16-19(18)2)33-26-25(39-29(33)37)27(36)34(22-8-6-5-7-9-22)28(31-26)38-17-24(35)30-20-11-14-21(15-12-20)32(3)4/h5-16H,17H2,1-4H3,(H,30,35). The molecule has 5 aromatic rings. The Labute approximate surface area is 239 Å². The van der Waals surface area contributed by atoms with Gasteiger partial charge in [0.2, 0.25) is 5.91 Å². The normalized spacial score (nSPS) is 11.1. The van der Waals surface area contributed by atoms with Crippen molar-refractivity contribution in [2.45, 2.75) is 19.0 Å². The molecule has 0 spiro atoms. The quantitative estimate of drug-likeness (QED) is 0.138. The molecule has 39 heavy (non-hydrogen) atoms. The zero-order chi connectivity index (χ0) is 27.7. The molecule has 0 saturated carbocycles. The molecule has 2 heterocycles. The molecule has 0 aliphatic rings. The number of nitrogens with one attached hydrogen (secondary N) is 1. The summed E-state index contributed by atoms with van der Waals surface area (Å²) in [6.07, 6.45) is 0. The predicted molar refractivity (Wildman–Crippen MR) is 165 cm³/mol. The summed E-state index contributed by atoms with van der Waals surface area (Å²) in [6.45, 7) is 4.10. The van der Waals surface area contributed by atoms with Crippen molar-refractivity contribution in [1.29, 1.82) is 0 Å². The Balaban J connectivity index is 1.54. The maximum atomic E-state index is 13.8. The topological polar surface area (TPSA) is 72.2 Å². The molecule has 7 nitrogen and oxygen atoms in total. The lowest BCUT2D eigenvalue weighted by Gasteiger charge is -2.14. The highest BCUT2D eigenvalue weighted by molar-refractivity contribution is 7.99. The van der Waals surface area contributed by atoms with Crippen LogP contribution in [-0.2, 0) is 4.79 Å². The summed E-state index contributed by atoms with van der Waals surface area (Å²) in [5, 5.41) is 3.35. The van der Waals surface area contributed by atoms with E-state index >= 15 is 0 Å². The van der Waals surface area contributed by atoms with Gasteiger partial charge in [0.25, 0.3) is 5.56 Å². The van der Waals surface area contributed by atoms with E-state index in [4.69, 9.17) is 17.2 Å². The number of anilines is 2. The average molecular weight is 574 g/mol. The molecule has 0 aliphatic heterocycles. The van der Waals surface area contributed by atoms with Gasteiger partial charge in [-0.1, -0.05) is 47.4 Å². The molecule has 0 atom stereocenters. The highest BCUT2D eigenvalue weighted by atomic mass is 32.2. The zero-order valence-corrected chi connectivity index (χ0v) is 24.4. The summed E-state index contributed by atoms with van der Waals surface area (Å²) >= 11 is 8.16. The summed E-state index contributed by atoms with van der Waals surface area (Å²) < 4.78 is 4.41. The number of thiazole rings is 1. The molecule has 1 amide bonds. The van der Waals surface area contributed by atoms with Crippen molar-refractivity contribution < 1.29 is 4.79 Å². The molecule has 198 valence electrons. The Morgan fingerprint density at radius 3 is 2.36 bits per heavy atom. The molecule has 5 rings (SSSR count). The predicted octanol–water partition coefficient (Wildman–Crippen LogP) is 6.38. The van der Waals surface area contributed by atoms with E-state index < -0.39 is 0 Å². The molecule has 0 fully saturated rings. The molecule has 0 bridgehead atoms. The van der Waals surface area contributed by atoms with Crippen LogP contribution in [0, 0.1) is 17.8 Å². The maximum Gasteiger partial charge on any atom is 0.278 e. The van der Waals surface area contributed by atoms with E-state index in [0.29, 0.717) is 30.8 Å². The molecule has 0 unspecified atom stereocenters. The molecule has 1 N–H and O–H groups in total. The number of para-hydroxylation sites is 1. The van der Waals surface area contributed by atoms with Gasteiger partial charge < -0.3 is 10.2 Å². The van der Waals surface area contributed by atoms with Crippen LogP contribution in [0.1, 0.15) is 11.1 Å². The van der Waals surface area contributed by atoms with Crippen LogP contribution in [0.25, 0.3) is 21.7 Å². The van der Waals surface area contributed by atoms with E-state index in [1.165, 1.54) is 28.7 Å². The first-order valence-electron chi connectivity index (χ1n) is 12.2. The Morgan fingerprint density at radius 2 is 1.69 bits per heavy atom. The number of nitrogens with zero attached hydrogens (tertiary/aromatic N) is 4. The number of amides is 1. The largest absolute Gasteiger partial charge is 0.378 e. The van der Waals surface area contributed by atoms with E-state index in [2.05, 4.69) is 12.2 Å². The molecular formula is C29H27N5O2S3. The van der Waals surface area contributed by atoms with Crippen LogP contribution < -0.4 is 15.8 Å². The fourth-order valence-electron chi connectivity index (χ4n) is 4.10. The third-order valence-corrected chi connectivity index (χ3v) is 8.63. The lowest BCUT2D eigenvalue weighted by Crippen LogP contribution is -2.22. The number of benzene rings is 3. The van der Waals surface area contributed by atoms with Crippen molar-refractivity contribution in [1.82, 2.24) is 14.1 Å². The fourth-order valence-corrected chi connectivity index (χ4v) is 6.21. The van der Waals surface area contributed by atoms with Crippen molar-refractivity contribution in [2.24, 2.45) is 0 Å². The van der Waals surface area contributed by atoms with Crippen LogP contribution in [0.2, 0.25) is 0 Å². The van der Waals surface area contributed by atoms with Crippen molar-refractivity contribution in [3.63, 3.8) is 0 Å². The van der Waals surface area contributed by atoms with Crippen molar-refractivity contribution >= 4 is 62.9 Å². The van der Waals surface area contributed by atoms with Gasteiger partial charge in [0.1, 0.15) is 4.70 Å². The number of aryl methyl sites for hydroxylation is 2. The third kappa shape index (κ3) is 5.54. The third-order valence-electron chi connectivity index (χ3n) is 6.34. The number of aromatic nitrogens is 3. The molecule has 0 radical (unpaired) electrons. The number of carbonyl (C=O) groups is 1. The second-order valence-corrected chi connectivity index (χ2v) is 11.9. The second-order valence-electron chi connectivity index (χ2n) is 9.27. The molecular weight excluding hydrogens is 547 g/mol. The van der Waals surface area contributed by atoms with Crippen LogP contribution in [-0.4, -0.2) is 39.9 Å². The smallest absolute Gasteiger partial charge is 0.278 e. The molecule has 3 aromatic carbocycles. The molecule has 10 heteroatoms. The van der Waals surface area contributed by atoms with E-state index in [-0.39, 0.29) is 17.2 Å². The van der Waals surface area contributed by atoms with Gasteiger partial charge in [0, 0.05) is 31.2 Å². The highest BCUT2D eigenvalue weighted by Crippen LogP contribution is 2.28. The van der Waals surface area contributed by atoms with E-state index in [9.17, 15) is 9.59 Å². The first-order chi connectivity index (χ1) is 18.7. The Kier molecular flexibility index (Phi) is 7.69. The molecule has 0 aliphatic carbocycles. The van der Waals surface area contributed by atoms with Crippen LogP contribution in [0.15, 0.2) is 82.7 Å². The van der Waals surface area contributed by atoms with Gasteiger partial charge in [0.05, 0.1) is 11.4 Å². The summed E-state index contributed by atoms with van der Waals surface area (Å²) in [5.41, 5.74) is 5.85. The molecule has 0 saturated heterocycles. The Hall–Kier alpha value is -3.73. The maximum absolute atomic E-state index is 13.8. The fraction of sp³-hybridized carbons (Fsp3) is 0.172. The van der Waals surface area contributed by atoms with Gasteiger partial charge in [-0.3, -0.25) is 18.7 Å². The van der Waals surface area contributed by atoms with E-state index in [0.717, 1.165) is 16.9 Å². The first kappa shape index (κ1) is 26.9.